The fourth-order valence-electron chi connectivity index (χ4n) is 3.98. The number of hydrogen-bond donors (Lipinski definition) is 3. The number of nitrogen functional groups attached to an aromatic ring is 1. The van der Waals surface area contributed by atoms with Crippen molar-refractivity contribution in [2.75, 3.05) is 32.0 Å². The summed E-state index contributed by atoms with van der Waals surface area (Å²) < 4.78 is 5.52. The van der Waals surface area contributed by atoms with Crippen LogP contribution in [0.1, 0.15) is 37.3 Å². The molecule has 0 bridgehead atoms. The summed E-state index contributed by atoms with van der Waals surface area (Å²) in [5, 5.41) is 0. The quantitative estimate of drug-likeness (QED) is 0.562. The van der Waals surface area contributed by atoms with Crippen LogP contribution in [0.25, 0.3) is 0 Å². The summed E-state index contributed by atoms with van der Waals surface area (Å²) in [6.45, 7) is 3.50. The van der Waals surface area contributed by atoms with Gasteiger partial charge in [-0.3, -0.25) is 21.2 Å². The summed E-state index contributed by atoms with van der Waals surface area (Å²) >= 11 is 0. The predicted molar refractivity (Wildman–Crippen MR) is 82.3 cm³/mol. The van der Waals surface area contributed by atoms with Crippen molar-refractivity contribution >= 4 is 5.69 Å². The second-order valence-corrected chi connectivity index (χ2v) is 6.01. The van der Waals surface area contributed by atoms with Crippen LogP contribution < -0.4 is 17.0 Å². The Kier molecular flexibility index (Phi) is 4.40. The summed E-state index contributed by atoms with van der Waals surface area (Å²) in [7, 11) is 0. The summed E-state index contributed by atoms with van der Waals surface area (Å²) in [5.41, 5.74) is 11.0. The van der Waals surface area contributed by atoms with Crippen molar-refractivity contribution in [2.45, 2.75) is 37.3 Å². The third-order valence-electron chi connectivity index (χ3n) is 5.01. The Morgan fingerprint density at radius 2 is 2.00 bits per heavy atom. The third-order valence-corrected chi connectivity index (χ3v) is 5.01. The molecule has 1 atom stereocenters. The Labute approximate surface area is 125 Å². The Balaban J connectivity index is 1.96. The van der Waals surface area contributed by atoms with Crippen LogP contribution in [0.15, 0.2) is 18.5 Å². The Morgan fingerprint density at radius 1 is 1.29 bits per heavy atom. The first-order valence-corrected chi connectivity index (χ1v) is 7.76. The molecule has 0 aromatic carbocycles. The SMILES string of the molecule is NNC(c1cnccc1N)C1(N2CCOCC2)CCCC1. The van der Waals surface area contributed by atoms with Crippen LogP contribution in [0.4, 0.5) is 5.69 Å². The van der Waals surface area contributed by atoms with Crippen LogP contribution in [0.5, 0.6) is 0 Å². The number of ether oxygens (including phenoxy) is 1. The lowest BCUT2D eigenvalue weighted by Gasteiger charge is -2.48. The lowest BCUT2D eigenvalue weighted by molar-refractivity contribution is -0.0363. The van der Waals surface area contributed by atoms with E-state index in [1.54, 1.807) is 6.20 Å². The Hall–Kier alpha value is -1.21. The predicted octanol–water partition coefficient (Wildman–Crippen LogP) is 0.813. The van der Waals surface area contributed by atoms with Crippen molar-refractivity contribution in [1.82, 2.24) is 15.3 Å². The Morgan fingerprint density at radius 3 is 2.62 bits per heavy atom. The van der Waals surface area contributed by atoms with E-state index < -0.39 is 0 Å². The molecule has 0 radical (unpaired) electrons. The first-order valence-electron chi connectivity index (χ1n) is 7.76. The molecule has 1 aliphatic carbocycles. The van der Waals surface area contributed by atoms with E-state index in [0.717, 1.165) is 50.4 Å². The number of rotatable bonds is 4. The van der Waals surface area contributed by atoms with Crippen molar-refractivity contribution < 1.29 is 4.74 Å². The topological polar surface area (TPSA) is 89.4 Å². The van der Waals surface area contributed by atoms with E-state index in [2.05, 4.69) is 15.3 Å². The highest BCUT2D eigenvalue weighted by Crippen LogP contribution is 2.45. The van der Waals surface area contributed by atoms with E-state index in [-0.39, 0.29) is 11.6 Å². The van der Waals surface area contributed by atoms with Gasteiger partial charge in [-0.1, -0.05) is 12.8 Å². The average Bonchev–Trinajstić information content (AvgIpc) is 3.01. The van der Waals surface area contributed by atoms with Gasteiger partial charge in [-0.2, -0.15) is 0 Å². The van der Waals surface area contributed by atoms with E-state index in [1.165, 1.54) is 12.8 Å². The zero-order chi connectivity index (χ0) is 14.7. The monoisotopic (exact) mass is 291 g/mol. The molecule has 6 heteroatoms. The van der Waals surface area contributed by atoms with Gasteiger partial charge in [-0.05, 0) is 18.9 Å². The number of nitrogens with two attached hydrogens (primary N) is 2. The molecular formula is C15H25N5O. The van der Waals surface area contributed by atoms with E-state index in [0.29, 0.717) is 0 Å². The number of nitrogens with zero attached hydrogens (tertiary/aromatic N) is 2. The second kappa shape index (κ2) is 6.27. The van der Waals surface area contributed by atoms with E-state index in [9.17, 15) is 0 Å². The molecule has 116 valence electrons. The standard InChI is InChI=1S/C15H25N5O/c16-13-3-6-18-11-12(13)14(19-17)15(4-1-2-5-15)20-7-9-21-10-8-20/h3,6,11,14,19H,1-2,4-5,7-10,17H2,(H2,16,18). The molecule has 1 aromatic rings. The Bertz CT molecular complexity index is 469. The first kappa shape index (κ1) is 14.7. The molecule has 5 N–H and O–H groups in total. The summed E-state index contributed by atoms with van der Waals surface area (Å²) in [5.74, 6) is 5.95. The number of pyridine rings is 1. The van der Waals surface area contributed by atoms with Gasteiger partial charge in [-0.15, -0.1) is 0 Å². The maximum Gasteiger partial charge on any atom is 0.0679 e. The highest BCUT2D eigenvalue weighted by molar-refractivity contribution is 5.47. The van der Waals surface area contributed by atoms with Crippen molar-refractivity contribution in [3.8, 4) is 0 Å². The smallest absolute Gasteiger partial charge is 0.0679 e. The minimum Gasteiger partial charge on any atom is -0.398 e. The lowest BCUT2D eigenvalue weighted by atomic mass is 9.82. The number of hydrogen-bond acceptors (Lipinski definition) is 6. The average molecular weight is 291 g/mol. The molecule has 6 nitrogen and oxygen atoms in total. The molecule has 0 spiro atoms. The van der Waals surface area contributed by atoms with Crippen molar-refractivity contribution in [3.05, 3.63) is 24.0 Å². The molecule has 21 heavy (non-hydrogen) atoms. The molecule has 1 saturated heterocycles. The second-order valence-electron chi connectivity index (χ2n) is 6.01. The number of aromatic nitrogens is 1. The summed E-state index contributed by atoms with van der Waals surface area (Å²) in [6.07, 6.45) is 8.31. The highest BCUT2D eigenvalue weighted by atomic mass is 16.5. The van der Waals surface area contributed by atoms with E-state index in [4.69, 9.17) is 16.3 Å². The van der Waals surface area contributed by atoms with Gasteiger partial charge in [-0.25, -0.2) is 0 Å². The van der Waals surface area contributed by atoms with Gasteiger partial charge < -0.3 is 10.5 Å². The van der Waals surface area contributed by atoms with Crippen LogP contribution in [0.2, 0.25) is 0 Å². The summed E-state index contributed by atoms with van der Waals surface area (Å²) in [6, 6.07) is 1.86. The largest absolute Gasteiger partial charge is 0.398 e. The summed E-state index contributed by atoms with van der Waals surface area (Å²) in [4.78, 5) is 6.79. The van der Waals surface area contributed by atoms with Gasteiger partial charge in [0.25, 0.3) is 0 Å². The third kappa shape index (κ3) is 2.64. The van der Waals surface area contributed by atoms with E-state index >= 15 is 0 Å². The molecule has 1 aliphatic heterocycles. The van der Waals surface area contributed by atoms with Crippen LogP contribution in [-0.4, -0.2) is 41.7 Å². The molecule has 0 amide bonds. The van der Waals surface area contributed by atoms with Gasteiger partial charge in [0.15, 0.2) is 0 Å². The highest BCUT2D eigenvalue weighted by Gasteiger charge is 2.47. The van der Waals surface area contributed by atoms with Crippen molar-refractivity contribution in [1.29, 1.82) is 0 Å². The molecule has 2 aliphatic rings. The molecule has 1 aromatic heterocycles. The molecule has 2 heterocycles. The van der Waals surface area contributed by atoms with Gasteiger partial charge in [0.1, 0.15) is 0 Å². The van der Waals surface area contributed by atoms with Crippen molar-refractivity contribution in [2.24, 2.45) is 5.84 Å². The maximum atomic E-state index is 6.17. The molecular weight excluding hydrogens is 266 g/mol. The van der Waals surface area contributed by atoms with Gasteiger partial charge in [0.05, 0.1) is 19.3 Å². The van der Waals surface area contributed by atoms with Gasteiger partial charge in [0, 0.05) is 42.3 Å². The van der Waals surface area contributed by atoms with Crippen LogP contribution in [0, 0.1) is 0 Å². The van der Waals surface area contributed by atoms with E-state index in [1.807, 2.05) is 12.3 Å². The molecule has 3 rings (SSSR count). The minimum atomic E-state index is 0.00630. The fourth-order valence-corrected chi connectivity index (χ4v) is 3.98. The molecule has 1 unspecified atom stereocenters. The lowest BCUT2D eigenvalue weighted by Crippen LogP contribution is -2.59. The normalized spacial score (nSPS) is 24.0. The van der Waals surface area contributed by atoms with Crippen molar-refractivity contribution in [3.63, 3.8) is 0 Å². The van der Waals surface area contributed by atoms with Gasteiger partial charge >= 0.3 is 0 Å². The zero-order valence-electron chi connectivity index (χ0n) is 12.4. The van der Waals surface area contributed by atoms with Crippen LogP contribution in [0.3, 0.4) is 0 Å². The van der Waals surface area contributed by atoms with Gasteiger partial charge in [0.2, 0.25) is 0 Å². The molecule has 2 fully saturated rings. The number of morpholine rings is 1. The maximum absolute atomic E-state index is 6.17. The zero-order valence-corrected chi connectivity index (χ0v) is 12.4. The number of hydrazine groups is 1. The number of anilines is 1. The first-order chi connectivity index (χ1) is 10.3. The fraction of sp³-hybridized carbons (Fsp3) is 0.667. The number of nitrogens with one attached hydrogen (secondary N) is 1. The minimum absolute atomic E-state index is 0.00630. The van der Waals surface area contributed by atoms with Crippen LogP contribution >= 0.6 is 0 Å². The molecule has 1 saturated carbocycles. The van der Waals surface area contributed by atoms with Crippen LogP contribution in [-0.2, 0) is 4.74 Å².